The molecule has 6 nitrogen and oxygen atoms in total. The summed E-state index contributed by atoms with van der Waals surface area (Å²) in [6.45, 7) is 4.62. The Balaban J connectivity index is 3.24. The summed E-state index contributed by atoms with van der Waals surface area (Å²) >= 11 is 0. The Morgan fingerprint density at radius 1 is 0.656 bits per heavy atom. The number of hydrogen-bond acceptors (Lipinski definition) is 5. The van der Waals surface area contributed by atoms with Crippen LogP contribution in [0.5, 0.6) is 0 Å². The van der Waals surface area contributed by atoms with Crippen LogP contribution < -0.4 is 10.2 Å². The van der Waals surface area contributed by atoms with Crippen LogP contribution in [0.2, 0.25) is 0 Å². The number of rotatable bonds is 25. The first kappa shape index (κ1) is 32.0. The van der Waals surface area contributed by atoms with Gasteiger partial charge in [-0.3, -0.25) is 4.57 Å². The Kier molecular flexibility index (Phi) is 21.6. The molecule has 0 bridgehead atoms. The largest absolute Gasteiger partial charge is 0.756 e. The SMILES string of the molecule is CCCCCCCCCCCCCCCCCCNCCOP(=O)([O-])OCC[N+](C)(C)C. The molecule has 0 radical (unpaired) electrons. The number of quaternary nitrogens is 1. The summed E-state index contributed by atoms with van der Waals surface area (Å²) in [5, 5.41) is 3.24. The van der Waals surface area contributed by atoms with Crippen molar-refractivity contribution in [2.75, 3.05) is 54.0 Å². The van der Waals surface area contributed by atoms with E-state index in [1.807, 2.05) is 21.1 Å². The summed E-state index contributed by atoms with van der Waals surface area (Å²) in [4.78, 5) is 11.7. The highest BCUT2D eigenvalue weighted by Gasteiger charge is 2.12. The second kappa shape index (κ2) is 21.6. The molecule has 1 atom stereocenters. The van der Waals surface area contributed by atoms with Crippen molar-refractivity contribution in [1.29, 1.82) is 0 Å². The average Bonchev–Trinajstić information content (AvgIpc) is 2.71. The number of likely N-dealkylation sites (N-methyl/N-ethyl adjacent to an activating group) is 1. The van der Waals surface area contributed by atoms with Crippen LogP contribution in [-0.4, -0.2) is 58.5 Å². The molecule has 0 fully saturated rings. The lowest BCUT2D eigenvalue weighted by Crippen LogP contribution is -2.37. The standard InChI is InChI=1S/C25H55N2O4P/c1-5-6-7-8-9-10-11-12-13-14-15-16-17-18-19-20-21-26-22-24-30-32(28,29)31-25-23-27(2,3)4/h26H,5-25H2,1-4H3. The van der Waals surface area contributed by atoms with Crippen molar-refractivity contribution in [2.45, 2.75) is 110 Å². The Labute approximate surface area is 200 Å². The first-order valence-corrected chi connectivity index (χ1v) is 14.8. The van der Waals surface area contributed by atoms with Gasteiger partial charge in [-0.05, 0) is 13.0 Å². The van der Waals surface area contributed by atoms with Gasteiger partial charge in [-0.2, -0.15) is 0 Å². The van der Waals surface area contributed by atoms with Crippen LogP contribution in [0.4, 0.5) is 0 Å². The molecule has 7 heteroatoms. The highest BCUT2D eigenvalue weighted by molar-refractivity contribution is 7.45. The fourth-order valence-electron chi connectivity index (χ4n) is 3.62. The lowest BCUT2D eigenvalue weighted by molar-refractivity contribution is -0.870. The van der Waals surface area contributed by atoms with Crippen molar-refractivity contribution in [3.8, 4) is 0 Å². The fourth-order valence-corrected chi connectivity index (χ4v) is 4.31. The molecule has 0 rings (SSSR count). The van der Waals surface area contributed by atoms with Crippen molar-refractivity contribution < 1.29 is 23.0 Å². The lowest BCUT2D eigenvalue weighted by atomic mass is 10.0. The van der Waals surface area contributed by atoms with Gasteiger partial charge in [-0.1, -0.05) is 103 Å². The van der Waals surface area contributed by atoms with E-state index in [1.165, 1.54) is 96.3 Å². The molecule has 0 saturated carbocycles. The lowest BCUT2D eigenvalue weighted by Gasteiger charge is -2.27. The van der Waals surface area contributed by atoms with Gasteiger partial charge in [0.15, 0.2) is 0 Å². The van der Waals surface area contributed by atoms with Gasteiger partial charge < -0.3 is 23.7 Å². The van der Waals surface area contributed by atoms with Crippen molar-refractivity contribution in [1.82, 2.24) is 5.32 Å². The molecule has 0 saturated heterocycles. The molecule has 0 heterocycles. The van der Waals surface area contributed by atoms with Crippen LogP contribution in [0.15, 0.2) is 0 Å². The molecule has 0 aliphatic carbocycles. The van der Waals surface area contributed by atoms with E-state index in [4.69, 9.17) is 9.05 Å². The summed E-state index contributed by atoms with van der Waals surface area (Å²) in [5.74, 6) is 0. The second-order valence-electron chi connectivity index (χ2n) is 10.2. The quantitative estimate of drug-likeness (QED) is 0.0983. The topological polar surface area (TPSA) is 70.6 Å². The number of nitrogens with one attached hydrogen (secondary N) is 1. The molecular formula is C25H55N2O4P. The van der Waals surface area contributed by atoms with Gasteiger partial charge in [0.05, 0.1) is 27.7 Å². The van der Waals surface area contributed by atoms with Gasteiger partial charge in [0.25, 0.3) is 7.82 Å². The number of nitrogens with zero attached hydrogens (tertiary/aromatic N) is 1. The molecule has 32 heavy (non-hydrogen) atoms. The molecule has 0 aliphatic heterocycles. The van der Waals surface area contributed by atoms with Crippen LogP contribution >= 0.6 is 7.82 Å². The molecule has 0 aliphatic rings. The molecular weight excluding hydrogens is 423 g/mol. The van der Waals surface area contributed by atoms with Gasteiger partial charge >= 0.3 is 0 Å². The third-order valence-electron chi connectivity index (χ3n) is 5.75. The molecule has 1 unspecified atom stereocenters. The fraction of sp³-hybridized carbons (Fsp3) is 1.00. The summed E-state index contributed by atoms with van der Waals surface area (Å²) in [7, 11) is 1.79. The van der Waals surface area contributed by atoms with E-state index in [0.717, 1.165) is 13.0 Å². The Morgan fingerprint density at radius 2 is 1.06 bits per heavy atom. The normalized spacial score (nSPS) is 14.0. The molecule has 0 aromatic carbocycles. The van der Waals surface area contributed by atoms with Gasteiger partial charge in [0.1, 0.15) is 13.2 Å². The first-order chi connectivity index (χ1) is 15.3. The van der Waals surface area contributed by atoms with Crippen LogP contribution in [0.3, 0.4) is 0 Å². The van der Waals surface area contributed by atoms with Gasteiger partial charge in [0, 0.05) is 6.54 Å². The van der Waals surface area contributed by atoms with E-state index in [1.54, 1.807) is 0 Å². The van der Waals surface area contributed by atoms with Crippen LogP contribution in [0, 0.1) is 0 Å². The van der Waals surface area contributed by atoms with Crippen molar-refractivity contribution >= 4 is 7.82 Å². The molecule has 0 aromatic heterocycles. The summed E-state index contributed by atoms with van der Waals surface area (Å²) in [6, 6.07) is 0. The third kappa shape index (κ3) is 26.3. The molecule has 1 N–H and O–H groups in total. The maximum absolute atomic E-state index is 11.7. The zero-order valence-corrected chi connectivity index (χ0v) is 22.8. The van der Waals surface area contributed by atoms with Gasteiger partial charge in [-0.15, -0.1) is 0 Å². The summed E-state index contributed by atoms with van der Waals surface area (Å²) in [5.41, 5.74) is 0. The Bertz CT molecular complexity index is 444. The first-order valence-electron chi connectivity index (χ1n) is 13.4. The van der Waals surface area contributed by atoms with Crippen LogP contribution in [-0.2, 0) is 13.6 Å². The van der Waals surface area contributed by atoms with Crippen LogP contribution in [0.25, 0.3) is 0 Å². The molecule has 0 spiro atoms. The van der Waals surface area contributed by atoms with E-state index in [2.05, 4.69) is 12.2 Å². The zero-order valence-electron chi connectivity index (χ0n) is 21.9. The van der Waals surface area contributed by atoms with E-state index in [9.17, 15) is 9.46 Å². The van der Waals surface area contributed by atoms with E-state index < -0.39 is 7.82 Å². The maximum Gasteiger partial charge on any atom is 0.268 e. The zero-order chi connectivity index (χ0) is 24.0. The molecule has 194 valence electrons. The van der Waals surface area contributed by atoms with Gasteiger partial charge in [0.2, 0.25) is 0 Å². The minimum absolute atomic E-state index is 0.129. The maximum atomic E-state index is 11.7. The average molecular weight is 479 g/mol. The van der Waals surface area contributed by atoms with Crippen molar-refractivity contribution in [3.05, 3.63) is 0 Å². The van der Waals surface area contributed by atoms with E-state index >= 15 is 0 Å². The number of phosphoric acid groups is 1. The molecule has 0 aromatic rings. The monoisotopic (exact) mass is 478 g/mol. The predicted molar refractivity (Wildman–Crippen MR) is 135 cm³/mol. The van der Waals surface area contributed by atoms with E-state index in [0.29, 0.717) is 17.6 Å². The summed E-state index contributed by atoms with van der Waals surface area (Å²) in [6.07, 6.45) is 21.9. The molecule has 0 amide bonds. The second-order valence-corrected chi connectivity index (χ2v) is 11.6. The smallest absolute Gasteiger partial charge is 0.268 e. The number of hydrogen-bond donors (Lipinski definition) is 1. The van der Waals surface area contributed by atoms with Crippen LogP contribution in [0.1, 0.15) is 110 Å². The number of unbranched alkanes of at least 4 members (excludes halogenated alkanes) is 15. The Hall–Kier alpha value is 0.0300. The third-order valence-corrected chi connectivity index (χ3v) is 6.74. The predicted octanol–water partition coefficient (Wildman–Crippen LogP) is 6.05. The van der Waals surface area contributed by atoms with Gasteiger partial charge in [-0.25, -0.2) is 0 Å². The minimum atomic E-state index is -4.17. The highest BCUT2D eigenvalue weighted by atomic mass is 31.2. The van der Waals surface area contributed by atoms with Crippen molar-refractivity contribution in [2.24, 2.45) is 0 Å². The van der Waals surface area contributed by atoms with Crippen molar-refractivity contribution in [3.63, 3.8) is 0 Å². The number of phosphoric ester groups is 1. The highest BCUT2D eigenvalue weighted by Crippen LogP contribution is 2.37. The Morgan fingerprint density at radius 3 is 1.50 bits per heavy atom. The summed E-state index contributed by atoms with van der Waals surface area (Å²) < 4.78 is 22.1. The van der Waals surface area contributed by atoms with E-state index in [-0.39, 0.29) is 13.2 Å². The minimum Gasteiger partial charge on any atom is -0.756 e.